The van der Waals surface area contributed by atoms with Crippen molar-refractivity contribution in [1.29, 1.82) is 0 Å². The minimum absolute atomic E-state index is 0.152. The smallest absolute Gasteiger partial charge is 0.491 e. The summed E-state index contributed by atoms with van der Waals surface area (Å²) in [5.74, 6) is 0.0617. The number of carbonyl (C=O) groups is 1. The summed E-state index contributed by atoms with van der Waals surface area (Å²) < 4.78 is 46.0. The average molecular weight is 337 g/mol. The minimum atomic E-state index is -4.72. The number of ether oxygens (including phenoxy) is 2. The van der Waals surface area contributed by atoms with Gasteiger partial charge in [0.1, 0.15) is 18.1 Å². The Morgan fingerprint density at radius 3 is 2.42 bits per heavy atom. The van der Waals surface area contributed by atoms with Crippen molar-refractivity contribution in [1.82, 2.24) is 4.90 Å². The lowest BCUT2D eigenvalue weighted by molar-refractivity contribution is -0.274. The number of nitrogens with zero attached hydrogens (tertiary/aromatic N) is 1. The van der Waals surface area contributed by atoms with E-state index in [4.69, 9.17) is 4.74 Å². The molecule has 1 aliphatic rings. The van der Waals surface area contributed by atoms with E-state index >= 15 is 0 Å². The van der Waals surface area contributed by atoms with Gasteiger partial charge in [0, 0.05) is 7.05 Å². The molecule has 0 aliphatic carbocycles. The topological polar surface area (TPSA) is 38.8 Å². The fourth-order valence-electron chi connectivity index (χ4n) is 2.45. The molecule has 2 aromatic rings. The molecule has 0 spiro atoms. The molecular formula is C17H14F3NO3. The van der Waals surface area contributed by atoms with Crippen molar-refractivity contribution in [3.05, 3.63) is 48.0 Å². The summed E-state index contributed by atoms with van der Waals surface area (Å²) in [7, 11) is 1.69. The summed E-state index contributed by atoms with van der Waals surface area (Å²) in [5, 5.41) is 0. The van der Waals surface area contributed by atoms with E-state index in [1.807, 2.05) is 0 Å². The van der Waals surface area contributed by atoms with Gasteiger partial charge in [-0.25, -0.2) is 0 Å². The quantitative estimate of drug-likeness (QED) is 0.838. The largest absolute Gasteiger partial charge is 0.573 e. The first-order chi connectivity index (χ1) is 11.3. The fraction of sp³-hybridized carbons (Fsp3) is 0.235. The van der Waals surface area contributed by atoms with Crippen LogP contribution in [0.25, 0.3) is 11.1 Å². The monoisotopic (exact) mass is 337 g/mol. The maximum absolute atomic E-state index is 12.3. The number of fused-ring (bicyclic) bond motifs is 1. The molecule has 0 saturated carbocycles. The Morgan fingerprint density at radius 2 is 1.75 bits per heavy atom. The molecule has 0 saturated heterocycles. The van der Waals surface area contributed by atoms with Crippen LogP contribution in [-0.4, -0.2) is 37.4 Å². The third-order valence-corrected chi connectivity index (χ3v) is 3.66. The summed E-state index contributed by atoms with van der Waals surface area (Å²) in [6.45, 7) is 0.907. The van der Waals surface area contributed by atoms with Gasteiger partial charge < -0.3 is 14.4 Å². The van der Waals surface area contributed by atoms with Gasteiger partial charge in [0.05, 0.1) is 12.1 Å². The zero-order valence-electron chi connectivity index (χ0n) is 12.8. The molecule has 2 aromatic carbocycles. The van der Waals surface area contributed by atoms with E-state index in [1.54, 1.807) is 30.1 Å². The number of hydrogen-bond acceptors (Lipinski definition) is 3. The average Bonchev–Trinajstić information content (AvgIpc) is 2.66. The van der Waals surface area contributed by atoms with Gasteiger partial charge in [0.25, 0.3) is 5.91 Å². The van der Waals surface area contributed by atoms with Gasteiger partial charge >= 0.3 is 6.36 Å². The number of likely N-dealkylation sites (N-methyl/N-ethyl adjacent to an activating group) is 1. The molecule has 1 amide bonds. The molecule has 0 aromatic heterocycles. The van der Waals surface area contributed by atoms with Crippen LogP contribution in [0.5, 0.6) is 11.5 Å². The molecule has 0 N–H and O–H groups in total. The van der Waals surface area contributed by atoms with Gasteiger partial charge in [-0.05, 0) is 35.4 Å². The second-order valence-corrected chi connectivity index (χ2v) is 5.36. The first-order valence-electron chi connectivity index (χ1n) is 7.22. The molecule has 7 heteroatoms. The van der Waals surface area contributed by atoms with Crippen LogP contribution in [0.4, 0.5) is 13.2 Å². The molecule has 0 bridgehead atoms. The SMILES string of the molecule is CN1CCOc2ccc(-c3ccc(OC(F)(F)F)cc3)cc2C1=O. The Morgan fingerprint density at radius 1 is 1.08 bits per heavy atom. The third-order valence-electron chi connectivity index (χ3n) is 3.66. The van der Waals surface area contributed by atoms with Crippen molar-refractivity contribution in [3.63, 3.8) is 0 Å². The molecule has 126 valence electrons. The highest BCUT2D eigenvalue weighted by atomic mass is 19.4. The maximum atomic E-state index is 12.3. The Hall–Kier alpha value is -2.70. The highest BCUT2D eigenvalue weighted by molar-refractivity contribution is 5.98. The van der Waals surface area contributed by atoms with Crippen molar-refractivity contribution >= 4 is 5.91 Å². The van der Waals surface area contributed by atoms with E-state index in [0.717, 1.165) is 0 Å². The van der Waals surface area contributed by atoms with Gasteiger partial charge in [-0.15, -0.1) is 13.2 Å². The predicted molar refractivity (Wildman–Crippen MR) is 81.0 cm³/mol. The number of halogens is 3. The van der Waals surface area contributed by atoms with E-state index in [2.05, 4.69) is 4.74 Å². The number of rotatable bonds is 2. The Kier molecular flexibility index (Phi) is 4.09. The second-order valence-electron chi connectivity index (χ2n) is 5.36. The lowest BCUT2D eigenvalue weighted by atomic mass is 10.0. The van der Waals surface area contributed by atoms with Crippen LogP contribution in [0, 0.1) is 0 Å². The molecule has 1 aliphatic heterocycles. The first-order valence-corrected chi connectivity index (χ1v) is 7.22. The number of hydrogen-bond donors (Lipinski definition) is 0. The van der Waals surface area contributed by atoms with E-state index in [1.165, 1.54) is 24.3 Å². The first kappa shape index (κ1) is 16.2. The number of amides is 1. The van der Waals surface area contributed by atoms with Gasteiger partial charge in [0.2, 0.25) is 0 Å². The highest BCUT2D eigenvalue weighted by Gasteiger charge is 2.31. The van der Waals surface area contributed by atoms with Crippen LogP contribution in [0.15, 0.2) is 42.5 Å². The number of alkyl halides is 3. The Bertz CT molecular complexity index is 757. The van der Waals surface area contributed by atoms with E-state index in [-0.39, 0.29) is 11.7 Å². The van der Waals surface area contributed by atoms with Crippen LogP contribution in [-0.2, 0) is 0 Å². The molecule has 24 heavy (non-hydrogen) atoms. The standard InChI is InChI=1S/C17H14F3NO3/c1-21-8-9-23-15-7-4-12(10-14(15)16(21)22)11-2-5-13(6-3-11)24-17(18,19)20/h2-7,10H,8-9H2,1H3. The predicted octanol–water partition coefficient (Wildman–Crippen LogP) is 3.72. The highest BCUT2D eigenvalue weighted by Crippen LogP contribution is 2.31. The van der Waals surface area contributed by atoms with E-state index < -0.39 is 6.36 Å². The zero-order chi connectivity index (χ0) is 17.3. The van der Waals surface area contributed by atoms with Crippen LogP contribution >= 0.6 is 0 Å². The lowest BCUT2D eigenvalue weighted by Crippen LogP contribution is -2.27. The number of benzene rings is 2. The van der Waals surface area contributed by atoms with Gasteiger partial charge in [-0.3, -0.25) is 4.79 Å². The molecule has 0 radical (unpaired) electrons. The molecule has 1 heterocycles. The molecule has 0 unspecified atom stereocenters. The van der Waals surface area contributed by atoms with E-state index in [9.17, 15) is 18.0 Å². The second kappa shape index (κ2) is 6.07. The normalized spacial score (nSPS) is 14.7. The molecule has 4 nitrogen and oxygen atoms in total. The van der Waals surface area contributed by atoms with Crippen molar-refractivity contribution in [2.75, 3.05) is 20.2 Å². The molecule has 3 rings (SSSR count). The summed E-state index contributed by atoms with van der Waals surface area (Å²) in [6, 6.07) is 10.6. The summed E-state index contributed by atoms with van der Waals surface area (Å²) in [6.07, 6.45) is -4.72. The maximum Gasteiger partial charge on any atom is 0.573 e. The molecule has 0 atom stereocenters. The van der Waals surface area contributed by atoms with Crippen LogP contribution in [0.1, 0.15) is 10.4 Å². The van der Waals surface area contributed by atoms with Gasteiger partial charge in [-0.1, -0.05) is 18.2 Å². The Balaban J connectivity index is 1.90. The summed E-state index contributed by atoms with van der Waals surface area (Å²) >= 11 is 0. The van der Waals surface area contributed by atoms with Crippen molar-refractivity contribution < 1.29 is 27.4 Å². The van der Waals surface area contributed by atoms with Gasteiger partial charge in [0.15, 0.2) is 0 Å². The Labute approximate surface area is 136 Å². The van der Waals surface area contributed by atoms with E-state index in [0.29, 0.717) is 35.6 Å². The van der Waals surface area contributed by atoms with Crippen molar-refractivity contribution in [2.45, 2.75) is 6.36 Å². The zero-order valence-corrected chi connectivity index (χ0v) is 12.8. The lowest BCUT2D eigenvalue weighted by Gasteiger charge is -2.13. The molecular weight excluding hydrogens is 323 g/mol. The van der Waals surface area contributed by atoms with Crippen molar-refractivity contribution in [2.24, 2.45) is 0 Å². The summed E-state index contributed by atoms with van der Waals surface area (Å²) in [4.78, 5) is 13.9. The summed E-state index contributed by atoms with van der Waals surface area (Å²) in [5.41, 5.74) is 1.81. The minimum Gasteiger partial charge on any atom is -0.491 e. The van der Waals surface area contributed by atoms with Crippen LogP contribution in [0.2, 0.25) is 0 Å². The van der Waals surface area contributed by atoms with Gasteiger partial charge in [-0.2, -0.15) is 0 Å². The number of carbonyl (C=O) groups excluding carboxylic acids is 1. The van der Waals surface area contributed by atoms with Crippen LogP contribution < -0.4 is 9.47 Å². The van der Waals surface area contributed by atoms with Crippen molar-refractivity contribution in [3.8, 4) is 22.6 Å². The third kappa shape index (κ3) is 3.45. The molecule has 0 fully saturated rings. The van der Waals surface area contributed by atoms with Crippen LogP contribution in [0.3, 0.4) is 0 Å². The fourth-order valence-corrected chi connectivity index (χ4v) is 2.45.